The number of anilines is 1. The molecule has 2 aromatic rings. The monoisotopic (exact) mass is 278 g/mol. The fourth-order valence-electron chi connectivity index (χ4n) is 1.68. The van der Waals surface area contributed by atoms with E-state index >= 15 is 0 Å². The van der Waals surface area contributed by atoms with E-state index < -0.39 is 5.97 Å². The predicted octanol–water partition coefficient (Wildman–Crippen LogP) is 2.58. The molecule has 5 nitrogen and oxygen atoms in total. The minimum absolute atomic E-state index is 0.306. The zero-order valence-electron chi connectivity index (χ0n) is 10.7. The number of carbonyl (C=O) groups excluding carboxylic acids is 1. The van der Waals surface area contributed by atoms with Crippen molar-refractivity contribution in [2.45, 2.75) is 6.92 Å². The topological polar surface area (TPSA) is 74.4 Å². The van der Waals surface area contributed by atoms with E-state index in [1.807, 2.05) is 24.3 Å². The van der Waals surface area contributed by atoms with Crippen LogP contribution in [0.1, 0.15) is 16.6 Å². The third kappa shape index (κ3) is 2.53. The van der Waals surface area contributed by atoms with Crippen LogP contribution >= 0.6 is 11.5 Å². The second kappa shape index (κ2) is 5.71. The summed E-state index contributed by atoms with van der Waals surface area (Å²) < 4.78 is 14.4. The van der Waals surface area contributed by atoms with Gasteiger partial charge in [0, 0.05) is 5.56 Å². The van der Waals surface area contributed by atoms with Crippen LogP contribution in [0.4, 0.5) is 5.69 Å². The van der Waals surface area contributed by atoms with Gasteiger partial charge >= 0.3 is 5.97 Å². The number of aromatic nitrogens is 1. The fraction of sp³-hybridized carbons (Fsp3) is 0.231. The van der Waals surface area contributed by atoms with E-state index in [-0.39, 0.29) is 0 Å². The molecule has 0 saturated carbocycles. The zero-order chi connectivity index (χ0) is 13.8. The van der Waals surface area contributed by atoms with Gasteiger partial charge in [0.05, 0.1) is 19.4 Å². The van der Waals surface area contributed by atoms with Gasteiger partial charge in [0.15, 0.2) is 4.88 Å². The maximum absolute atomic E-state index is 11.7. The number of benzene rings is 1. The van der Waals surface area contributed by atoms with E-state index in [9.17, 15) is 4.79 Å². The van der Waals surface area contributed by atoms with Gasteiger partial charge in [-0.25, -0.2) is 4.79 Å². The second-order valence-corrected chi connectivity index (χ2v) is 4.47. The van der Waals surface area contributed by atoms with Crippen molar-refractivity contribution in [2.75, 3.05) is 19.5 Å². The van der Waals surface area contributed by atoms with Crippen molar-refractivity contribution in [3.8, 4) is 17.0 Å². The maximum atomic E-state index is 11.7. The molecule has 0 aliphatic heterocycles. The molecule has 19 heavy (non-hydrogen) atoms. The minimum Gasteiger partial charge on any atom is -0.496 e. The van der Waals surface area contributed by atoms with Crippen LogP contribution < -0.4 is 10.5 Å². The third-order valence-electron chi connectivity index (χ3n) is 2.55. The smallest absolute Gasteiger partial charge is 0.352 e. The lowest BCUT2D eigenvalue weighted by molar-refractivity contribution is 0.0533. The summed E-state index contributed by atoms with van der Waals surface area (Å²) in [7, 11) is 1.58. The molecule has 1 aromatic carbocycles. The lowest BCUT2D eigenvalue weighted by Gasteiger charge is -2.06. The van der Waals surface area contributed by atoms with E-state index in [0.29, 0.717) is 28.6 Å². The number of nitrogens with zero attached hydrogens (tertiary/aromatic N) is 1. The molecule has 100 valence electrons. The van der Waals surface area contributed by atoms with Crippen molar-refractivity contribution in [3.63, 3.8) is 0 Å². The quantitative estimate of drug-likeness (QED) is 0.870. The Morgan fingerprint density at radius 2 is 2.16 bits per heavy atom. The van der Waals surface area contributed by atoms with Gasteiger partial charge in [0.1, 0.15) is 11.4 Å². The average Bonchev–Trinajstić information content (AvgIpc) is 2.80. The second-order valence-electron chi connectivity index (χ2n) is 3.69. The first-order valence-electron chi connectivity index (χ1n) is 5.74. The lowest BCUT2D eigenvalue weighted by atomic mass is 10.1. The molecule has 0 atom stereocenters. The first-order chi connectivity index (χ1) is 9.19. The number of nitrogen functional groups attached to an aromatic ring is 1. The Labute approximate surface area is 115 Å². The number of nitrogens with two attached hydrogens (primary N) is 1. The Balaban J connectivity index is 2.44. The molecular weight excluding hydrogens is 264 g/mol. The summed E-state index contributed by atoms with van der Waals surface area (Å²) in [4.78, 5) is 12.0. The van der Waals surface area contributed by atoms with Crippen LogP contribution in [0.2, 0.25) is 0 Å². The summed E-state index contributed by atoms with van der Waals surface area (Å²) in [5.41, 5.74) is 7.61. The Hall–Kier alpha value is -2.08. The first-order valence-corrected chi connectivity index (χ1v) is 6.52. The molecule has 1 aromatic heterocycles. The molecule has 0 spiro atoms. The zero-order valence-corrected chi connectivity index (χ0v) is 11.5. The number of para-hydroxylation sites is 1. The Morgan fingerprint density at radius 1 is 1.42 bits per heavy atom. The number of hydrogen-bond donors (Lipinski definition) is 1. The lowest BCUT2D eigenvalue weighted by Crippen LogP contribution is -2.05. The van der Waals surface area contributed by atoms with Gasteiger partial charge in [-0.2, -0.15) is 4.37 Å². The molecule has 0 bridgehead atoms. The van der Waals surface area contributed by atoms with Gasteiger partial charge in [0.2, 0.25) is 0 Å². The SMILES string of the molecule is CCOC(=O)c1snc(-c2ccccc2OC)c1N. The van der Waals surface area contributed by atoms with Crippen LogP contribution in [0, 0.1) is 0 Å². The summed E-state index contributed by atoms with van der Waals surface area (Å²) in [6.45, 7) is 2.05. The van der Waals surface area contributed by atoms with Crippen LogP contribution in [-0.4, -0.2) is 24.1 Å². The van der Waals surface area contributed by atoms with Crippen LogP contribution in [0.15, 0.2) is 24.3 Å². The van der Waals surface area contributed by atoms with Crippen LogP contribution in [0.5, 0.6) is 5.75 Å². The molecule has 0 aliphatic carbocycles. The molecular formula is C13H14N2O3S. The molecule has 1 heterocycles. The third-order valence-corrected chi connectivity index (χ3v) is 3.39. The summed E-state index contributed by atoms with van der Waals surface area (Å²) in [5, 5.41) is 0. The van der Waals surface area contributed by atoms with Crippen LogP contribution in [0.25, 0.3) is 11.3 Å². The summed E-state index contributed by atoms with van der Waals surface area (Å²) in [5.74, 6) is 0.216. The normalized spacial score (nSPS) is 10.2. The van der Waals surface area contributed by atoms with Crippen LogP contribution in [0.3, 0.4) is 0 Å². The number of esters is 1. The molecule has 0 saturated heterocycles. The van der Waals surface area contributed by atoms with Crippen molar-refractivity contribution in [2.24, 2.45) is 0 Å². The van der Waals surface area contributed by atoms with Crippen molar-refractivity contribution < 1.29 is 14.3 Å². The highest BCUT2D eigenvalue weighted by Crippen LogP contribution is 2.36. The summed E-state index contributed by atoms with van der Waals surface area (Å²) >= 11 is 1.03. The van der Waals surface area contributed by atoms with Crippen molar-refractivity contribution in [1.29, 1.82) is 0 Å². The Morgan fingerprint density at radius 3 is 2.84 bits per heavy atom. The number of rotatable bonds is 4. The highest BCUT2D eigenvalue weighted by molar-refractivity contribution is 7.09. The first kappa shape index (κ1) is 13.4. The molecule has 0 amide bonds. The van der Waals surface area contributed by atoms with E-state index in [1.165, 1.54) is 0 Å². The van der Waals surface area contributed by atoms with Crippen molar-refractivity contribution >= 4 is 23.2 Å². The molecule has 0 aliphatic rings. The Kier molecular flexibility index (Phi) is 4.01. The highest BCUT2D eigenvalue weighted by atomic mass is 32.1. The number of methoxy groups -OCH3 is 1. The summed E-state index contributed by atoms with van der Waals surface area (Å²) in [6.07, 6.45) is 0. The molecule has 6 heteroatoms. The van der Waals surface area contributed by atoms with Gasteiger partial charge in [-0.3, -0.25) is 0 Å². The molecule has 2 rings (SSSR count). The number of hydrogen-bond acceptors (Lipinski definition) is 6. The van der Waals surface area contributed by atoms with E-state index in [4.69, 9.17) is 15.2 Å². The fourth-order valence-corrected chi connectivity index (χ4v) is 2.38. The highest BCUT2D eigenvalue weighted by Gasteiger charge is 2.21. The van der Waals surface area contributed by atoms with E-state index in [0.717, 1.165) is 17.1 Å². The predicted molar refractivity (Wildman–Crippen MR) is 74.5 cm³/mol. The number of ether oxygens (including phenoxy) is 2. The molecule has 2 N–H and O–H groups in total. The number of carbonyl (C=O) groups is 1. The average molecular weight is 278 g/mol. The van der Waals surface area contributed by atoms with Crippen molar-refractivity contribution in [3.05, 3.63) is 29.1 Å². The largest absolute Gasteiger partial charge is 0.496 e. The van der Waals surface area contributed by atoms with Gasteiger partial charge in [0.25, 0.3) is 0 Å². The standard InChI is InChI=1S/C13H14N2O3S/c1-3-18-13(16)12-10(14)11(15-19-12)8-6-4-5-7-9(8)17-2/h4-7H,3,14H2,1-2H3. The van der Waals surface area contributed by atoms with Gasteiger partial charge < -0.3 is 15.2 Å². The van der Waals surface area contributed by atoms with E-state index in [2.05, 4.69) is 4.37 Å². The van der Waals surface area contributed by atoms with Crippen LogP contribution in [-0.2, 0) is 4.74 Å². The van der Waals surface area contributed by atoms with Gasteiger partial charge in [-0.05, 0) is 30.6 Å². The summed E-state index contributed by atoms with van der Waals surface area (Å²) in [6, 6.07) is 7.38. The van der Waals surface area contributed by atoms with E-state index in [1.54, 1.807) is 14.0 Å². The Bertz CT molecular complexity index is 595. The minimum atomic E-state index is -0.446. The van der Waals surface area contributed by atoms with Gasteiger partial charge in [-0.1, -0.05) is 12.1 Å². The maximum Gasteiger partial charge on any atom is 0.352 e. The molecule has 0 fully saturated rings. The molecule has 0 unspecified atom stereocenters. The van der Waals surface area contributed by atoms with Gasteiger partial charge in [-0.15, -0.1) is 0 Å². The van der Waals surface area contributed by atoms with Crippen molar-refractivity contribution in [1.82, 2.24) is 4.37 Å². The molecule has 0 radical (unpaired) electrons.